The lowest BCUT2D eigenvalue weighted by Crippen LogP contribution is -2.36. The zero-order valence-corrected chi connectivity index (χ0v) is 14.3. The van der Waals surface area contributed by atoms with E-state index in [1.165, 1.54) is 12.0 Å². The van der Waals surface area contributed by atoms with E-state index in [2.05, 4.69) is 51.8 Å². The molecule has 0 bridgehead atoms. The number of benzene rings is 1. The van der Waals surface area contributed by atoms with Gasteiger partial charge in [-0.25, -0.2) is 0 Å². The minimum absolute atomic E-state index is 0.0461. The summed E-state index contributed by atoms with van der Waals surface area (Å²) in [7, 11) is 2.16. The summed E-state index contributed by atoms with van der Waals surface area (Å²) < 4.78 is 5.60. The molecule has 21 heavy (non-hydrogen) atoms. The number of nitrogens with two attached hydrogens (primary N) is 1. The second-order valence-electron chi connectivity index (χ2n) is 6.44. The normalized spacial score (nSPS) is 14.5. The van der Waals surface area contributed by atoms with Crippen molar-refractivity contribution in [1.29, 1.82) is 0 Å². The van der Waals surface area contributed by atoms with Crippen molar-refractivity contribution < 1.29 is 4.74 Å². The van der Waals surface area contributed by atoms with Crippen molar-refractivity contribution in [2.45, 2.75) is 52.6 Å². The maximum atomic E-state index is 6.33. The van der Waals surface area contributed by atoms with Gasteiger partial charge in [-0.2, -0.15) is 0 Å². The lowest BCUT2D eigenvalue weighted by Gasteiger charge is -2.28. The van der Waals surface area contributed by atoms with Crippen LogP contribution in [0.15, 0.2) is 24.3 Å². The van der Waals surface area contributed by atoms with E-state index in [1.807, 2.05) is 12.1 Å². The van der Waals surface area contributed by atoms with Gasteiger partial charge in [-0.1, -0.05) is 32.9 Å². The number of likely N-dealkylation sites (N-methyl/N-ethyl adjacent to an activating group) is 1. The maximum absolute atomic E-state index is 6.33. The smallest absolute Gasteiger partial charge is 0.119 e. The largest absolute Gasteiger partial charge is 0.494 e. The summed E-state index contributed by atoms with van der Waals surface area (Å²) in [5.41, 5.74) is 7.50. The lowest BCUT2D eigenvalue weighted by molar-refractivity contribution is 0.216. The molecule has 1 aromatic carbocycles. The molecule has 0 aliphatic rings. The molecule has 2 unspecified atom stereocenters. The molecule has 1 rings (SSSR count). The van der Waals surface area contributed by atoms with E-state index in [0.717, 1.165) is 25.3 Å². The van der Waals surface area contributed by atoms with Crippen molar-refractivity contribution in [2.24, 2.45) is 11.7 Å². The predicted octanol–water partition coefficient (Wildman–Crippen LogP) is 3.84. The van der Waals surface area contributed by atoms with Gasteiger partial charge >= 0.3 is 0 Å². The molecule has 0 radical (unpaired) electrons. The molecule has 0 saturated carbocycles. The summed E-state index contributed by atoms with van der Waals surface area (Å²) >= 11 is 0. The lowest BCUT2D eigenvalue weighted by atomic mass is 10.0. The van der Waals surface area contributed by atoms with Crippen molar-refractivity contribution in [3.8, 4) is 5.75 Å². The SMILES string of the molecule is CCCOc1ccc(C(N)CN(C)C(C)CC(C)C)cc1. The summed E-state index contributed by atoms with van der Waals surface area (Å²) in [4.78, 5) is 2.35. The van der Waals surface area contributed by atoms with Crippen LogP contribution in [-0.2, 0) is 0 Å². The highest BCUT2D eigenvalue weighted by atomic mass is 16.5. The van der Waals surface area contributed by atoms with Crippen LogP contribution in [0.25, 0.3) is 0 Å². The Bertz CT molecular complexity index is 389. The van der Waals surface area contributed by atoms with Gasteiger partial charge in [0.2, 0.25) is 0 Å². The number of hydrogen-bond donors (Lipinski definition) is 1. The number of ether oxygens (including phenoxy) is 1. The first-order chi connectivity index (χ1) is 9.93. The Hall–Kier alpha value is -1.06. The fraction of sp³-hybridized carbons (Fsp3) is 0.667. The van der Waals surface area contributed by atoms with Gasteiger partial charge in [0.15, 0.2) is 0 Å². The fourth-order valence-electron chi connectivity index (χ4n) is 2.49. The zero-order valence-electron chi connectivity index (χ0n) is 14.3. The van der Waals surface area contributed by atoms with E-state index in [9.17, 15) is 0 Å². The van der Waals surface area contributed by atoms with E-state index in [0.29, 0.717) is 12.0 Å². The van der Waals surface area contributed by atoms with Gasteiger partial charge in [0, 0.05) is 18.6 Å². The average molecular weight is 292 g/mol. The highest BCUT2D eigenvalue weighted by molar-refractivity contribution is 5.29. The first-order valence-corrected chi connectivity index (χ1v) is 8.12. The van der Waals surface area contributed by atoms with E-state index < -0.39 is 0 Å². The van der Waals surface area contributed by atoms with E-state index in [1.54, 1.807) is 0 Å². The van der Waals surface area contributed by atoms with Crippen LogP contribution in [-0.4, -0.2) is 31.1 Å². The van der Waals surface area contributed by atoms with E-state index in [4.69, 9.17) is 10.5 Å². The summed E-state index contributed by atoms with van der Waals surface area (Å²) in [5.74, 6) is 1.64. The van der Waals surface area contributed by atoms with Gasteiger partial charge in [0.05, 0.1) is 6.61 Å². The quantitative estimate of drug-likeness (QED) is 0.751. The van der Waals surface area contributed by atoms with Gasteiger partial charge in [0.1, 0.15) is 5.75 Å². The Kier molecular flexibility index (Phi) is 7.76. The molecule has 3 nitrogen and oxygen atoms in total. The Morgan fingerprint density at radius 3 is 2.29 bits per heavy atom. The Labute approximate surface area is 130 Å². The zero-order chi connectivity index (χ0) is 15.8. The maximum Gasteiger partial charge on any atom is 0.119 e. The van der Waals surface area contributed by atoms with Crippen LogP contribution in [0.3, 0.4) is 0 Å². The van der Waals surface area contributed by atoms with Gasteiger partial charge in [-0.3, -0.25) is 0 Å². The fourth-order valence-corrected chi connectivity index (χ4v) is 2.49. The molecule has 0 spiro atoms. The monoisotopic (exact) mass is 292 g/mol. The molecular formula is C18H32N2O. The van der Waals surface area contributed by atoms with E-state index >= 15 is 0 Å². The van der Waals surface area contributed by atoms with Crippen molar-refractivity contribution in [1.82, 2.24) is 4.90 Å². The number of hydrogen-bond acceptors (Lipinski definition) is 3. The van der Waals surface area contributed by atoms with Gasteiger partial charge < -0.3 is 15.4 Å². The van der Waals surface area contributed by atoms with Crippen LogP contribution >= 0.6 is 0 Å². The van der Waals surface area contributed by atoms with Gasteiger partial charge in [-0.15, -0.1) is 0 Å². The molecule has 0 aliphatic heterocycles. The summed E-state index contributed by atoms with van der Waals surface area (Å²) in [6.07, 6.45) is 2.23. The third-order valence-corrected chi connectivity index (χ3v) is 3.83. The molecule has 0 heterocycles. The topological polar surface area (TPSA) is 38.5 Å². The minimum Gasteiger partial charge on any atom is -0.494 e. The molecule has 2 N–H and O–H groups in total. The number of rotatable bonds is 9. The molecule has 2 atom stereocenters. The highest BCUT2D eigenvalue weighted by Crippen LogP contribution is 2.19. The van der Waals surface area contributed by atoms with Crippen LogP contribution in [0.1, 0.15) is 52.1 Å². The molecule has 0 fully saturated rings. The van der Waals surface area contributed by atoms with Crippen LogP contribution < -0.4 is 10.5 Å². The second kappa shape index (κ2) is 9.06. The van der Waals surface area contributed by atoms with Crippen LogP contribution in [0.2, 0.25) is 0 Å². The molecule has 120 valence electrons. The third kappa shape index (κ3) is 6.49. The van der Waals surface area contributed by atoms with Crippen LogP contribution in [0.5, 0.6) is 5.75 Å². The van der Waals surface area contributed by atoms with Crippen LogP contribution in [0, 0.1) is 5.92 Å². The third-order valence-electron chi connectivity index (χ3n) is 3.83. The van der Waals surface area contributed by atoms with Crippen molar-refractivity contribution >= 4 is 0 Å². The summed E-state index contributed by atoms with van der Waals surface area (Å²) in [6.45, 7) is 10.6. The Morgan fingerprint density at radius 1 is 1.14 bits per heavy atom. The number of nitrogens with zero attached hydrogens (tertiary/aromatic N) is 1. The molecule has 0 aliphatic carbocycles. The molecule has 3 heteroatoms. The Morgan fingerprint density at radius 2 is 1.76 bits per heavy atom. The highest BCUT2D eigenvalue weighted by Gasteiger charge is 2.15. The van der Waals surface area contributed by atoms with Gasteiger partial charge in [0.25, 0.3) is 0 Å². The van der Waals surface area contributed by atoms with Crippen LogP contribution in [0.4, 0.5) is 0 Å². The Balaban J connectivity index is 2.52. The average Bonchev–Trinajstić information content (AvgIpc) is 2.44. The summed E-state index contributed by atoms with van der Waals surface area (Å²) in [5, 5.41) is 0. The summed E-state index contributed by atoms with van der Waals surface area (Å²) in [6, 6.07) is 8.80. The molecule has 0 amide bonds. The van der Waals surface area contributed by atoms with Crippen molar-refractivity contribution in [2.75, 3.05) is 20.2 Å². The standard InChI is InChI=1S/C18H32N2O/c1-6-11-21-17-9-7-16(8-10-17)18(19)13-20(5)15(4)12-14(2)3/h7-10,14-15,18H,6,11-13,19H2,1-5H3. The van der Waals surface area contributed by atoms with Crippen molar-refractivity contribution in [3.05, 3.63) is 29.8 Å². The van der Waals surface area contributed by atoms with E-state index in [-0.39, 0.29) is 6.04 Å². The molecule has 0 aromatic heterocycles. The first kappa shape index (κ1) is 18.0. The first-order valence-electron chi connectivity index (χ1n) is 8.12. The molecular weight excluding hydrogens is 260 g/mol. The molecule has 0 saturated heterocycles. The second-order valence-corrected chi connectivity index (χ2v) is 6.44. The minimum atomic E-state index is 0.0461. The predicted molar refractivity (Wildman–Crippen MR) is 90.7 cm³/mol. The molecule has 1 aromatic rings. The van der Waals surface area contributed by atoms with Gasteiger partial charge in [-0.05, 0) is 50.4 Å². The van der Waals surface area contributed by atoms with Crippen molar-refractivity contribution in [3.63, 3.8) is 0 Å².